The fraction of sp³-hybridized carbons (Fsp3) is 0.562. The molecule has 1 aromatic rings. The fourth-order valence-corrected chi connectivity index (χ4v) is 4.08. The topological polar surface area (TPSA) is 63.4 Å². The van der Waals surface area contributed by atoms with Gasteiger partial charge in [-0.25, -0.2) is 0 Å². The van der Waals surface area contributed by atoms with Crippen molar-refractivity contribution in [2.45, 2.75) is 44.6 Å². The number of benzene rings is 1. The summed E-state index contributed by atoms with van der Waals surface area (Å²) in [5, 5.41) is 10.9. The van der Waals surface area contributed by atoms with Crippen molar-refractivity contribution in [3.05, 3.63) is 38.9 Å². The lowest BCUT2D eigenvalue weighted by molar-refractivity contribution is -0.384. The number of halogens is 1. The Kier molecular flexibility index (Phi) is 4.34. The van der Waals surface area contributed by atoms with Crippen molar-refractivity contribution in [2.24, 2.45) is 5.92 Å². The zero-order valence-corrected chi connectivity index (χ0v) is 13.1. The van der Waals surface area contributed by atoms with E-state index in [1.54, 1.807) is 0 Å². The minimum absolute atomic E-state index is 0.0866. The van der Waals surface area contributed by atoms with E-state index in [9.17, 15) is 14.9 Å². The van der Waals surface area contributed by atoms with Crippen molar-refractivity contribution < 1.29 is 9.72 Å². The molecule has 1 amide bonds. The van der Waals surface area contributed by atoms with Gasteiger partial charge in [0.15, 0.2) is 0 Å². The summed E-state index contributed by atoms with van der Waals surface area (Å²) in [6, 6.07) is 4.40. The van der Waals surface area contributed by atoms with E-state index < -0.39 is 4.92 Å². The van der Waals surface area contributed by atoms with Gasteiger partial charge >= 0.3 is 0 Å². The summed E-state index contributed by atoms with van der Waals surface area (Å²) in [5.74, 6) is 0.514. The molecule has 1 aliphatic heterocycles. The first kappa shape index (κ1) is 15.3. The molecule has 6 heteroatoms. The zero-order valence-electron chi connectivity index (χ0n) is 12.3. The first-order valence-corrected chi connectivity index (χ1v) is 8.20. The first-order chi connectivity index (χ1) is 10.6. The van der Waals surface area contributed by atoms with E-state index in [0.717, 1.165) is 19.4 Å². The van der Waals surface area contributed by atoms with Gasteiger partial charge in [0.1, 0.15) is 0 Å². The molecule has 1 heterocycles. The van der Waals surface area contributed by atoms with Crippen LogP contribution in [0.3, 0.4) is 0 Å². The van der Waals surface area contributed by atoms with E-state index in [4.69, 9.17) is 11.6 Å². The molecular weight excluding hydrogens is 304 g/mol. The van der Waals surface area contributed by atoms with Crippen LogP contribution in [0, 0.1) is 16.0 Å². The minimum Gasteiger partial charge on any atom is -0.335 e. The van der Waals surface area contributed by atoms with Gasteiger partial charge in [-0.15, -0.1) is 0 Å². The number of piperidine rings is 1. The molecule has 118 valence electrons. The van der Waals surface area contributed by atoms with Gasteiger partial charge in [0.2, 0.25) is 0 Å². The van der Waals surface area contributed by atoms with Crippen LogP contribution in [0.4, 0.5) is 5.69 Å². The lowest BCUT2D eigenvalue weighted by atomic mass is 9.78. The number of nitro groups is 1. The summed E-state index contributed by atoms with van der Waals surface area (Å²) >= 11 is 6.11. The molecule has 1 saturated carbocycles. The Hall–Kier alpha value is -1.62. The molecule has 0 aromatic heterocycles. The Morgan fingerprint density at radius 1 is 1.23 bits per heavy atom. The van der Waals surface area contributed by atoms with Crippen LogP contribution in [0.2, 0.25) is 5.02 Å². The maximum atomic E-state index is 12.8. The fourth-order valence-electron chi connectivity index (χ4n) is 3.82. The largest absolute Gasteiger partial charge is 0.335 e. The van der Waals surface area contributed by atoms with Crippen molar-refractivity contribution in [3.63, 3.8) is 0 Å². The number of amides is 1. The molecule has 22 heavy (non-hydrogen) atoms. The third kappa shape index (κ3) is 2.82. The van der Waals surface area contributed by atoms with Crippen molar-refractivity contribution in [2.75, 3.05) is 6.54 Å². The number of non-ortho nitro benzene ring substituents is 1. The molecule has 0 bridgehead atoms. The molecule has 0 N–H and O–H groups in total. The van der Waals surface area contributed by atoms with Crippen LogP contribution in [-0.4, -0.2) is 28.3 Å². The maximum absolute atomic E-state index is 12.8. The van der Waals surface area contributed by atoms with Crippen LogP contribution >= 0.6 is 11.6 Å². The third-order valence-electron chi connectivity index (χ3n) is 4.90. The Labute approximate surface area is 134 Å². The summed E-state index contributed by atoms with van der Waals surface area (Å²) in [5.41, 5.74) is 0.286. The molecule has 2 fully saturated rings. The summed E-state index contributed by atoms with van der Waals surface area (Å²) in [7, 11) is 0. The van der Waals surface area contributed by atoms with Gasteiger partial charge in [-0.1, -0.05) is 24.4 Å². The summed E-state index contributed by atoms with van der Waals surface area (Å²) in [4.78, 5) is 25.0. The van der Waals surface area contributed by atoms with Gasteiger partial charge in [0.25, 0.3) is 11.6 Å². The maximum Gasteiger partial charge on any atom is 0.270 e. The molecule has 3 rings (SSSR count). The Morgan fingerprint density at radius 2 is 1.95 bits per heavy atom. The average Bonchev–Trinajstić information content (AvgIpc) is 2.53. The second kappa shape index (κ2) is 6.24. The quantitative estimate of drug-likeness (QED) is 0.609. The van der Waals surface area contributed by atoms with Crippen molar-refractivity contribution in [1.82, 2.24) is 4.90 Å². The lowest BCUT2D eigenvalue weighted by Crippen LogP contribution is -2.49. The second-order valence-corrected chi connectivity index (χ2v) is 6.58. The van der Waals surface area contributed by atoms with Crippen LogP contribution in [-0.2, 0) is 0 Å². The van der Waals surface area contributed by atoms with E-state index in [2.05, 4.69) is 0 Å². The normalized spacial score (nSPS) is 24.7. The number of rotatable bonds is 2. The van der Waals surface area contributed by atoms with Crippen molar-refractivity contribution in [3.8, 4) is 0 Å². The van der Waals surface area contributed by atoms with E-state index >= 15 is 0 Å². The van der Waals surface area contributed by atoms with Crippen LogP contribution in [0.25, 0.3) is 0 Å². The highest BCUT2D eigenvalue weighted by molar-refractivity contribution is 6.34. The number of hydrogen-bond donors (Lipinski definition) is 0. The van der Waals surface area contributed by atoms with Gasteiger partial charge in [-0.05, 0) is 37.7 Å². The van der Waals surface area contributed by atoms with E-state index in [1.807, 2.05) is 4.90 Å². The molecule has 1 saturated heterocycles. The number of hydrogen-bond acceptors (Lipinski definition) is 3. The molecule has 0 unspecified atom stereocenters. The summed E-state index contributed by atoms with van der Waals surface area (Å²) in [6.45, 7) is 0.757. The number of carbonyl (C=O) groups is 1. The van der Waals surface area contributed by atoms with Crippen molar-refractivity contribution >= 4 is 23.2 Å². The molecule has 0 radical (unpaired) electrons. The van der Waals surface area contributed by atoms with Gasteiger partial charge in [0, 0.05) is 24.7 Å². The van der Waals surface area contributed by atoms with E-state index in [-0.39, 0.29) is 16.6 Å². The van der Waals surface area contributed by atoms with Gasteiger partial charge in [-0.3, -0.25) is 14.9 Å². The van der Waals surface area contributed by atoms with Crippen LogP contribution in [0.1, 0.15) is 48.9 Å². The number of likely N-dealkylation sites (tertiary alicyclic amines) is 1. The highest BCUT2D eigenvalue weighted by Crippen LogP contribution is 2.36. The molecule has 1 aliphatic carbocycles. The predicted octanol–water partition coefficient (Wildman–Crippen LogP) is 4.04. The summed E-state index contributed by atoms with van der Waals surface area (Å²) < 4.78 is 0. The van der Waals surface area contributed by atoms with E-state index in [0.29, 0.717) is 17.5 Å². The molecule has 1 aromatic carbocycles. The highest BCUT2D eigenvalue weighted by Gasteiger charge is 2.36. The SMILES string of the molecule is O=C(c1ccc([N+](=O)[O-])cc1Cl)N1CCC[C@H]2CCCC[C@H]21. The standard InChI is InChI=1S/C16H19ClN2O3/c17-14-10-12(19(21)22)7-8-13(14)16(20)18-9-3-5-11-4-1-2-6-15(11)18/h7-8,10-11,15H,1-6,9H2/t11-,15-/m1/s1. The molecule has 2 aliphatic rings. The molecular formula is C16H19ClN2O3. The van der Waals surface area contributed by atoms with Gasteiger partial charge < -0.3 is 4.90 Å². The number of carbonyl (C=O) groups excluding carboxylic acids is 1. The average molecular weight is 323 g/mol. The first-order valence-electron chi connectivity index (χ1n) is 7.83. The minimum atomic E-state index is -0.502. The number of nitro benzene ring substituents is 1. The highest BCUT2D eigenvalue weighted by atomic mass is 35.5. The zero-order chi connectivity index (χ0) is 15.7. The predicted molar refractivity (Wildman–Crippen MR) is 84.1 cm³/mol. The summed E-state index contributed by atoms with van der Waals surface area (Å²) in [6.07, 6.45) is 6.89. The van der Waals surface area contributed by atoms with Crippen LogP contribution in [0.5, 0.6) is 0 Å². The van der Waals surface area contributed by atoms with Gasteiger partial charge in [-0.2, -0.15) is 0 Å². The van der Waals surface area contributed by atoms with Crippen LogP contribution in [0.15, 0.2) is 18.2 Å². The van der Waals surface area contributed by atoms with Gasteiger partial charge in [0.05, 0.1) is 15.5 Å². The van der Waals surface area contributed by atoms with Crippen molar-refractivity contribution in [1.29, 1.82) is 0 Å². The number of fused-ring (bicyclic) bond motifs is 1. The molecule has 0 spiro atoms. The Bertz CT molecular complexity index is 603. The number of nitrogens with zero attached hydrogens (tertiary/aromatic N) is 2. The molecule has 2 atom stereocenters. The lowest BCUT2D eigenvalue weighted by Gasteiger charge is -2.44. The Balaban J connectivity index is 1.85. The Morgan fingerprint density at radius 3 is 2.68 bits per heavy atom. The second-order valence-electron chi connectivity index (χ2n) is 6.17. The smallest absolute Gasteiger partial charge is 0.270 e. The monoisotopic (exact) mass is 322 g/mol. The molecule has 5 nitrogen and oxygen atoms in total. The van der Waals surface area contributed by atoms with E-state index in [1.165, 1.54) is 43.9 Å². The van der Waals surface area contributed by atoms with Crippen LogP contribution < -0.4 is 0 Å². The third-order valence-corrected chi connectivity index (χ3v) is 5.21.